The van der Waals surface area contributed by atoms with E-state index in [4.69, 9.17) is 5.73 Å². The third-order valence-electron chi connectivity index (χ3n) is 6.00. The van der Waals surface area contributed by atoms with Crippen LogP contribution in [0.15, 0.2) is 53.4 Å². The Balaban J connectivity index is 1.44. The van der Waals surface area contributed by atoms with Crippen molar-refractivity contribution >= 4 is 25.4 Å². The third kappa shape index (κ3) is 5.19. The minimum absolute atomic E-state index is 0.0218. The number of piperidine rings is 1. The summed E-state index contributed by atoms with van der Waals surface area (Å²) in [6.45, 7) is 1.50. The van der Waals surface area contributed by atoms with Crippen LogP contribution in [0.5, 0.6) is 0 Å². The number of hydrogen-bond donors (Lipinski definition) is 1. The zero-order chi connectivity index (χ0) is 22.0. The summed E-state index contributed by atoms with van der Waals surface area (Å²) in [4.78, 5) is 15.3. The first-order valence-electron chi connectivity index (χ1n) is 10.6. The number of Topliss-reactive ketones (excluding diaryl/α,β-unsaturated/α-hetero) is 1. The number of nitrogens with zero attached hydrogens (tertiary/aromatic N) is 1. The van der Waals surface area contributed by atoms with Crippen LogP contribution in [0.4, 0.5) is 4.39 Å². The highest BCUT2D eigenvalue weighted by Gasteiger charge is 2.40. The van der Waals surface area contributed by atoms with Gasteiger partial charge in [0.1, 0.15) is 5.82 Å². The van der Waals surface area contributed by atoms with Gasteiger partial charge in [-0.05, 0) is 60.2 Å². The predicted molar refractivity (Wildman–Crippen MR) is 121 cm³/mol. The van der Waals surface area contributed by atoms with E-state index in [0.29, 0.717) is 38.0 Å². The molecule has 1 saturated heterocycles. The van der Waals surface area contributed by atoms with Crippen LogP contribution in [0.25, 0.3) is 0 Å². The lowest BCUT2D eigenvalue weighted by Gasteiger charge is -2.36. The fraction of sp³-hybridized carbons (Fsp3) is 0.435. The maximum absolute atomic E-state index is 14.5. The van der Waals surface area contributed by atoms with Crippen molar-refractivity contribution in [2.24, 2.45) is 11.7 Å². The summed E-state index contributed by atoms with van der Waals surface area (Å²) >= 11 is 0. The molecule has 1 heterocycles. The highest BCUT2D eigenvalue weighted by Crippen LogP contribution is 2.40. The van der Waals surface area contributed by atoms with Crippen molar-refractivity contribution in [1.29, 1.82) is 0 Å². The molecule has 166 valence electrons. The van der Waals surface area contributed by atoms with Gasteiger partial charge < -0.3 is 5.73 Å². The number of hydrogen-bond acceptors (Lipinski definition) is 6. The molecule has 1 unspecified atom stereocenters. The SMILES string of the molecule is NCc1ccc(S(=O)(=O)SC2CCN(C(C(=O)C3CC3)c3ccccc3F)CC2)cc1. The van der Waals surface area contributed by atoms with Crippen molar-refractivity contribution in [2.45, 2.75) is 48.4 Å². The van der Waals surface area contributed by atoms with Gasteiger partial charge in [0, 0.05) is 36.4 Å². The van der Waals surface area contributed by atoms with Gasteiger partial charge in [0.2, 0.25) is 8.87 Å². The van der Waals surface area contributed by atoms with Crippen LogP contribution in [0, 0.1) is 11.7 Å². The Morgan fingerprint density at radius 1 is 1.06 bits per heavy atom. The lowest BCUT2D eigenvalue weighted by Crippen LogP contribution is -2.42. The third-order valence-corrected chi connectivity index (χ3v) is 10.0. The summed E-state index contributed by atoms with van der Waals surface area (Å²) in [5.74, 6) is -0.251. The number of halogens is 1. The topological polar surface area (TPSA) is 80.5 Å². The summed E-state index contributed by atoms with van der Waals surface area (Å²) in [5, 5.41) is -0.0623. The molecule has 0 amide bonds. The lowest BCUT2D eigenvalue weighted by molar-refractivity contribution is -0.126. The van der Waals surface area contributed by atoms with Crippen molar-refractivity contribution < 1.29 is 17.6 Å². The van der Waals surface area contributed by atoms with Crippen LogP contribution in [0.1, 0.15) is 42.9 Å². The molecule has 2 aromatic carbocycles. The standard InChI is InChI=1S/C23H27FN2O3S2/c24-21-4-2-1-3-20(21)22(23(27)17-7-8-17)26-13-11-18(12-14-26)30-31(28,29)19-9-5-16(15-25)6-10-19/h1-6,9-10,17-18,22H,7-8,11-15,25H2. The average molecular weight is 463 g/mol. The summed E-state index contributed by atoms with van der Waals surface area (Å²) in [7, 11) is -2.49. The molecule has 2 fully saturated rings. The summed E-state index contributed by atoms with van der Waals surface area (Å²) < 4.78 is 40.1. The van der Waals surface area contributed by atoms with E-state index in [9.17, 15) is 17.6 Å². The fourth-order valence-corrected chi connectivity index (χ4v) is 7.74. The first kappa shape index (κ1) is 22.5. The average Bonchev–Trinajstić information content (AvgIpc) is 3.62. The van der Waals surface area contributed by atoms with Crippen molar-refractivity contribution in [1.82, 2.24) is 4.90 Å². The number of carbonyl (C=O) groups is 1. The van der Waals surface area contributed by atoms with E-state index in [1.54, 1.807) is 42.5 Å². The Morgan fingerprint density at radius 2 is 1.71 bits per heavy atom. The molecule has 2 N–H and O–H groups in total. The number of nitrogens with two attached hydrogens (primary N) is 1. The van der Waals surface area contributed by atoms with Gasteiger partial charge in [-0.2, -0.15) is 0 Å². The Morgan fingerprint density at radius 3 is 2.29 bits per heavy atom. The Bertz CT molecular complexity index is 1030. The minimum atomic E-state index is -3.47. The second kappa shape index (κ2) is 9.40. The Hall–Kier alpha value is -1.74. The Kier molecular flexibility index (Phi) is 6.81. The molecule has 1 atom stereocenters. The molecule has 5 nitrogen and oxygen atoms in total. The van der Waals surface area contributed by atoms with E-state index in [2.05, 4.69) is 0 Å². The summed E-state index contributed by atoms with van der Waals surface area (Å²) in [5.41, 5.74) is 6.90. The highest BCUT2D eigenvalue weighted by atomic mass is 33.1. The van der Waals surface area contributed by atoms with Gasteiger partial charge in [0.25, 0.3) is 0 Å². The normalized spacial score (nSPS) is 19.3. The smallest absolute Gasteiger partial charge is 0.230 e. The second-order valence-corrected chi connectivity index (χ2v) is 12.4. The zero-order valence-electron chi connectivity index (χ0n) is 17.2. The number of carbonyl (C=O) groups excluding carboxylic acids is 1. The van der Waals surface area contributed by atoms with Gasteiger partial charge in [0.05, 0.1) is 10.9 Å². The molecule has 0 radical (unpaired) electrons. The molecule has 1 aliphatic carbocycles. The second-order valence-electron chi connectivity index (χ2n) is 8.23. The number of ketones is 1. The molecule has 1 aliphatic heterocycles. The van der Waals surface area contributed by atoms with Crippen LogP contribution in [-0.2, 0) is 20.2 Å². The maximum Gasteiger partial charge on any atom is 0.230 e. The molecule has 0 spiro atoms. The van der Waals surface area contributed by atoms with Gasteiger partial charge in [-0.25, -0.2) is 12.8 Å². The van der Waals surface area contributed by atoms with Crippen LogP contribution in [-0.4, -0.2) is 37.4 Å². The summed E-state index contributed by atoms with van der Waals surface area (Å²) in [6, 6.07) is 12.6. The molecule has 4 rings (SSSR count). The molecule has 2 aliphatic rings. The lowest BCUT2D eigenvalue weighted by atomic mass is 9.95. The van der Waals surface area contributed by atoms with Crippen molar-refractivity contribution in [3.05, 3.63) is 65.5 Å². The van der Waals surface area contributed by atoms with E-state index in [1.807, 2.05) is 4.90 Å². The number of rotatable bonds is 8. The predicted octanol–water partition coefficient (Wildman–Crippen LogP) is 3.89. The van der Waals surface area contributed by atoms with Crippen LogP contribution in [0.2, 0.25) is 0 Å². The quantitative estimate of drug-likeness (QED) is 0.600. The van der Waals surface area contributed by atoms with Gasteiger partial charge in [0.15, 0.2) is 5.78 Å². The van der Waals surface area contributed by atoms with Crippen molar-refractivity contribution in [2.75, 3.05) is 13.1 Å². The molecular weight excluding hydrogens is 435 g/mol. The first-order chi connectivity index (χ1) is 14.9. The van der Waals surface area contributed by atoms with Crippen molar-refractivity contribution in [3.8, 4) is 0 Å². The molecule has 1 saturated carbocycles. The van der Waals surface area contributed by atoms with Gasteiger partial charge in [-0.1, -0.05) is 30.3 Å². The van der Waals surface area contributed by atoms with E-state index < -0.39 is 14.9 Å². The van der Waals surface area contributed by atoms with Crippen molar-refractivity contribution in [3.63, 3.8) is 0 Å². The van der Waals surface area contributed by atoms with Gasteiger partial charge >= 0.3 is 0 Å². The van der Waals surface area contributed by atoms with Gasteiger partial charge in [-0.3, -0.25) is 9.69 Å². The monoisotopic (exact) mass is 462 g/mol. The van der Waals surface area contributed by atoms with Crippen LogP contribution in [0.3, 0.4) is 0 Å². The first-order valence-corrected chi connectivity index (χ1v) is 13.5. The van der Waals surface area contributed by atoms with E-state index in [0.717, 1.165) is 29.2 Å². The Labute approximate surface area is 186 Å². The zero-order valence-corrected chi connectivity index (χ0v) is 18.9. The number of benzene rings is 2. The highest BCUT2D eigenvalue weighted by molar-refractivity contribution is 8.72. The molecule has 0 bridgehead atoms. The largest absolute Gasteiger partial charge is 0.326 e. The molecule has 8 heteroatoms. The number of likely N-dealkylation sites (tertiary alicyclic amines) is 1. The van der Waals surface area contributed by atoms with Crippen LogP contribution < -0.4 is 5.73 Å². The van der Waals surface area contributed by atoms with Crippen LogP contribution >= 0.6 is 10.8 Å². The molecule has 0 aromatic heterocycles. The van der Waals surface area contributed by atoms with E-state index in [-0.39, 0.29) is 27.7 Å². The molecular formula is C23H27FN2O3S2. The molecule has 31 heavy (non-hydrogen) atoms. The summed E-state index contributed by atoms with van der Waals surface area (Å²) in [6.07, 6.45) is 3.01. The fourth-order valence-electron chi connectivity index (χ4n) is 4.07. The van der Waals surface area contributed by atoms with E-state index >= 15 is 0 Å². The maximum atomic E-state index is 14.5. The minimum Gasteiger partial charge on any atom is -0.326 e. The molecule has 2 aromatic rings. The van der Waals surface area contributed by atoms with E-state index in [1.165, 1.54) is 6.07 Å². The van der Waals surface area contributed by atoms with Gasteiger partial charge in [-0.15, -0.1) is 0 Å².